The molecule has 2 heterocycles. The summed E-state index contributed by atoms with van der Waals surface area (Å²) < 4.78 is 5.38. The van der Waals surface area contributed by atoms with E-state index in [0.29, 0.717) is 56.1 Å². The van der Waals surface area contributed by atoms with E-state index in [9.17, 15) is 24.3 Å². The second-order valence-corrected chi connectivity index (χ2v) is 12.4. The molecule has 4 amide bonds. The van der Waals surface area contributed by atoms with Gasteiger partial charge in [0.05, 0.1) is 12.6 Å². The number of rotatable bonds is 10. The highest BCUT2D eigenvalue weighted by molar-refractivity contribution is 6.30. The highest BCUT2D eigenvalue weighted by Gasteiger charge is 2.46. The topological polar surface area (TPSA) is 137 Å². The Kier molecular flexibility index (Phi) is 10.9. The molecule has 1 saturated carbocycles. The van der Waals surface area contributed by atoms with E-state index in [2.05, 4.69) is 16.0 Å². The summed E-state index contributed by atoms with van der Waals surface area (Å²) in [5.41, 5.74) is 0.385. The van der Waals surface area contributed by atoms with Gasteiger partial charge in [0.25, 0.3) is 0 Å². The number of carbonyl (C=O) groups is 4. The number of nitrogens with zero attached hydrogens (tertiary/aromatic N) is 1. The summed E-state index contributed by atoms with van der Waals surface area (Å²) in [7, 11) is 0. The maximum atomic E-state index is 13.4. The summed E-state index contributed by atoms with van der Waals surface area (Å²) in [6.45, 7) is 2.45. The van der Waals surface area contributed by atoms with Gasteiger partial charge in [0.1, 0.15) is 12.6 Å². The molecule has 0 aromatic heterocycles. The van der Waals surface area contributed by atoms with Crippen molar-refractivity contribution in [2.24, 2.45) is 11.8 Å². The third-order valence-corrected chi connectivity index (χ3v) is 9.09. The summed E-state index contributed by atoms with van der Waals surface area (Å²) in [6.07, 6.45) is 7.42. The van der Waals surface area contributed by atoms with Crippen LogP contribution in [0.5, 0.6) is 0 Å². The van der Waals surface area contributed by atoms with Gasteiger partial charge in [-0.2, -0.15) is 0 Å². The van der Waals surface area contributed by atoms with Crippen LogP contribution in [0.1, 0.15) is 76.7 Å². The third kappa shape index (κ3) is 8.82. The number of aliphatic hydroxyl groups is 1. The zero-order valence-corrected chi connectivity index (χ0v) is 24.6. The zero-order valence-electron chi connectivity index (χ0n) is 23.8. The molecule has 2 saturated heterocycles. The third-order valence-electron chi connectivity index (χ3n) is 8.86. The molecule has 2 unspecified atom stereocenters. The molecule has 226 valence electrons. The molecule has 0 radical (unpaired) electrons. The van der Waals surface area contributed by atoms with Crippen molar-refractivity contribution >= 4 is 35.4 Å². The Bertz CT molecular complexity index is 1090. The van der Waals surface area contributed by atoms with Gasteiger partial charge >= 0.3 is 6.09 Å². The lowest BCUT2D eigenvalue weighted by atomic mass is 9.82. The van der Waals surface area contributed by atoms with Crippen molar-refractivity contribution in [2.45, 2.75) is 95.4 Å². The summed E-state index contributed by atoms with van der Waals surface area (Å²) in [4.78, 5) is 52.5. The van der Waals surface area contributed by atoms with Crippen LogP contribution in [-0.4, -0.2) is 71.1 Å². The minimum absolute atomic E-state index is 0.0200. The Labute approximate surface area is 246 Å². The number of benzene rings is 1. The maximum absolute atomic E-state index is 13.4. The first-order chi connectivity index (χ1) is 19.7. The van der Waals surface area contributed by atoms with Gasteiger partial charge in [-0.3, -0.25) is 14.4 Å². The number of nitrogens with one attached hydrogen (secondary N) is 3. The molecule has 3 atom stereocenters. The normalized spacial score (nSPS) is 22.1. The lowest BCUT2D eigenvalue weighted by Gasteiger charge is -2.39. The van der Waals surface area contributed by atoms with Crippen molar-refractivity contribution in [1.29, 1.82) is 0 Å². The van der Waals surface area contributed by atoms with Gasteiger partial charge in [0.2, 0.25) is 17.7 Å². The number of hydrogen-bond donors (Lipinski definition) is 4. The number of likely N-dealkylation sites (tertiary alicyclic amines) is 1. The Morgan fingerprint density at radius 3 is 2.54 bits per heavy atom. The average Bonchev–Trinajstić information content (AvgIpc) is 3.25. The molecule has 41 heavy (non-hydrogen) atoms. The molecule has 1 spiro atoms. The van der Waals surface area contributed by atoms with Crippen LogP contribution >= 0.6 is 11.6 Å². The molecular weight excluding hydrogens is 548 g/mol. The molecule has 11 heteroatoms. The van der Waals surface area contributed by atoms with E-state index in [0.717, 1.165) is 31.2 Å². The molecule has 1 aromatic rings. The van der Waals surface area contributed by atoms with Crippen LogP contribution in [0, 0.1) is 11.8 Å². The van der Waals surface area contributed by atoms with Gasteiger partial charge in [0, 0.05) is 36.5 Å². The Hall–Kier alpha value is -2.85. The first kappa shape index (κ1) is 31.1. The highest BCUT2D eigenvalue weighted by Crippen LogP contribution is 2.36. The summed E-state index contributed by atoms with van der Waals surface area (Å²) >= 11 is 6.02. The van der Waals surface area contributed by atoms with Crippen LogP contribution in [0.25, 0.3) is 0 Å². The lowest BCUT2D eigenvalue weighted by molar-refractivity contribution is -0.130. The molecule has 3 aliphatic rings. The van der Waals surface area contributed by atoms with Crippen LogP contribution in [0.15, 0.2) is 24.3 Å². The van der Waals surface area contributed by atoms with E-state index in [1.807, 2.05) is 0 Å². The molecule has 10 nitrogen and oxygen atoms in total. The fourth-order valence-electron chi connectivity index (χ4n) is 6.52. The van der Waals surface area contributed by atoms with E-state index < -0.39 is 24.1 Å². The quantitative estimate of drug-likeness (QED) is 0.330. The maximum Gasteiger partial charge on any atom is 0.408 e. The van der Waals surface area contributed by atoms with Gasteiger partial charge in [-0.25, -0.2) is 4.79 Å². The van der Waals surface area contributed by atoms with Crippen LogP contribution in [-0.2, 0) is 25.7 Å². The predicted octanol–water partition coefficient (Wildman–Crippen LogP) is 3.29. The molecule has 1 aliphatic carbocycles. The highest BCUT2D eigenvalue weighted by atomic mass is 35.5. The van der Waals surface area contributed by atoms with Crippen molar-refractivity contribution in [3.05, 3.63) is 34.9 Å². The standard InChI is InChI=1S/C30H43ClN4O6/c1-20(37)35-12-10-30(11-13-35)17-23(27(38)34-30)16-25(18-36)32-28(39)26(15-21-6-3-2-4-7-21)33-29(40)41-19-22-8-5-9-24(31)14-22/h5,8-9,14,21,23,25-26,36H,2-4,6-7,10-13,15-19H2,1H3,(H,32,39)(H,33,40)(H,34,38)/t23?,25?,26-/m0/s1. The van der Waals surface area contributed by atoms with Crippen LogP contribution < -0.4 is 16.0 Å². The van der Waals surface area contributed by atoms with Gasteiger partial charge < -0.3 is 30.7 Å². The first-order valence-electron chi connectivity index (χ1n) is 14.8. The van der Waals surface area contributed by atoms with E-state index in [4.69, 9.17) is 16.3 Å². The summed E-state index contributed by atoms with van der Waals surface area (Å²) in [6, 6.07) is 5.56. The number of ether oxygens (including phenoxy) is 1. The number of amides is 4. The van der Waals surface area contributed by atoms with Gasteiger partial charge in [-0.05, 0) is 55.7 Å². The van der Waals surface area contributed by atoms with Crippen molar-refractivity contribution in [3.8, 4) is 0 Å². The number of piperidine rings is 1. The molecule has 2 aliphatic heterocycles. The van der Waals surface area contributed by atoms with Crippen LogP contribution in [0.3, 0.4) is 0 Å². The van der Waals surface area contributed by atoms with Crippen LogP contribution in [0.2, 0.25) is 5.02 Å². The van der Waals surface area contributed by atoms with Gasteiger partial charge in [-0.15, -0.1) is 0 Å². The van der Waals surface area contributed by atoms with Gasteiger partial charge in [-0.1, -0.05) is 55.8 Å². The monoisotopic (exact) mass is 590 g/mol. The number of halogens is 1. The fourth-order valence-corrected chi connectivity index (χ4v) is 6.73. The minimum atomic E-state index is -0.821. The SMILES string of the molecule is CC(=O)N1CCC2(CC1)CC(CC(CO)NC(=O)[C@H](CC1CCCCC1)NC(=O)OCc1cccc(Cl)c1)C(=O)N2. The van der Waals surface area contributed by atoms with E-state index in [1.165, 1.54) is 6.42 Å². The molecule has 0 bridgehead atoms. The minimum Gasteiger partial charge on any atom is -0.445 e. The van der Waals surface area contributed by atoms with Gasteiger partial charge in [0.15, 0.2) is 0 Å². The second kappa shape index (κ2) is 14.4. The Morgan fingerprint density at radius 1 is 1.15 bits per heavy atom. The van der Waals surface area contributed by atoms with Crippen LogP contribution in [0.4, 0.5) is 4.79 Å². The number of aliphatic hydroxyl groups excluding tert-OH is 1. The molecule has 4 rings (SSSR count). The average molecular weight is 591 g/mol. The zero-order chi connectivity index (χ0) is 29.4. The summed E-state index contributed by atoms with van der Waals surface area (Å²) in [5, 5.41) is 19.4. The van der Waals surface area contributed by atoms with Crippen molar-refractivity contribution in [3.63, 3.8) is 0 Å². The molecule has 3 fully saturated rings. The Morgan fingerprint density at radius 2 is 1.88 bits per heavy atom. The molecule has 4 N–H and O–H groups in total. The van der Waals surface area contributed by atoms with Crippen molar-refractivity contribution in [2.75, 3.05) is 19.7 Å². The smallest absolute Gasteiger partial charge is 0.408 e. The molecule has 1 aromatic carbocycles. The van der Waals surface area contributed by atoms with E-state index >= 15 is 0 Å². The van der Waals surface area contributed by atoms with Crippen molar-refractivity contribution < 1.29 is 29.0 Å². The number of carbonyl (C=O) groups excluding carboxylic acids is 4. The predicted molar refractivity (Wildman–Crippen MR) is 154 cm³/mol. The largest absolute Gasteiger partial charge is 0.445 e. The number of hydrogen-bond acceptors (Lipinski definition) is 6. The van der Waals surface area contributed by atoms with E-state index in [-0.39, 0.29) is 36.5 Å². The fraction of sp³-hybridized carbons (Fsp3) is 0.667. The second-order valence-electron chi connectivity index (χ2n) is 11.9. The number of alkyl carbamates (subject to hydrolysis) is 1. The Balaban J connectivity index is 1.34. The lowest BCUT2D eigenvalue weighted by Crippen LogP contribution is -2.51. The molecular formula is C30H43ClN4O6. The first-order valence-corrected chi connectivity index (χ1v) is 15.2. The summed E-state index contributed by atoms with van der Waals surface area (Å²) in [5.74, 6) is -0.494. The van der Waals surface area contributed by atoms with E-state index in [1.54, 1.807) is 36.1 Å². The van der Waals surface area contributed by atoms with Crippen molar-refractivity contribution in [1.82, 2.24) is 20.9 Å².